The van der Waals surface area contributed by atoms with Crippen LogP contribution in [0.15, 0.2) is 18.2 Å². The van der Waals surface area contributed by atoms with Crippen molar-refractivity contribution in [3.63, 3.8) is 0 Å². The quantitative estimate of drug-likeness (QED) is 0.583. The molecule has 0 aliphatic rings. The first kappa shape index (κ1) is 15.2. The Bertz CT molecular complexity index is 451. The molecular weight excluding hydrogens is 244 g/mol. The van der Waals surface area contributed by atoms with Crippen LogP contribution < -0.4 is 9.47 Å². The van der Waals surface area contributed by atoms with Crippen LogP contribution in [-0.4, -0.2) is 11.9 Å². The maximum Gasteiger partial charge on any atom is 0.311 e. The highest BCUT2D eigenvalue weighted by Crippen LogP contribution is 2.24. The minimum atomic E-state index is -0.252. The molecule has 0 aliphatic carbocycles. The van der Waals surface area contributed by atoms with Gasteiger partial charge in [-0.1, -0.05) is 13.8 Å². The molecule has 0 amide bonds. The third-order valence-electron chi connectivity index (χ3n) is 2.51. The minimum Gasteiger partial charge on any atom is -0.427 e. The number of aryl methyl sites for hydroxylation is 1. The number of hydrogen-bond acceptors (Lipinski definition) is 4. The molecule has 0 saturated carbocycles. The summed E-state index contributed by atoms with van der Waals surface area (Å²) in [7, 11) is 0. The van der Waals surface area contributed by atoms with E-state index in [0.717, 1.165) is 18.4 Å². The topological polar surface area (TPSA) is 52.6 Å². The minimum absolute atomic E-state index is 0.249. The highest BCUT2D eigenvalue weighted by molar-refractivity contribution is 5.74. The average Bonchev–Trinajstić information content (AvgIpc) is 2.33. The van der Waals surface area contributed by atoms with Gasteiger partial charge in [0.15, 0.2) is 0 Å². The first-order valence-electron chi connectivity index (χ1n) is 6.58. The molecule has 0 aliphatic heterocycles. The second-order valence-electron chi connectivity index (χ2n) is 4.38. The summed E-state index contributed by atoms with van der Waals surface area (Å²) in [6, 6.07) is 4.98. The van der Waals surface area contributed by atoms with Crippen molar-refractivity contribution < 1.29 is 19.1 Å². The Morgan fingerprint density at radius 3 is 2.11 bits per heavy atom. The molecule has 0 aromatic heterocycles. The van der Waals surface area contributed by atoms with Crippen molar-refractivity contribution >= 4 is 11.9 Å². The van der Waals surface area contributed by atoms with Crippen LogP contribution in [0.5, 0.6) is 11.5 Å². The van der Waals surface area contributed by atoms with Crippen LogP contribution in [0.1, 0.15) is 45.1 Å². The molecule has 1 aromatic rings. The molecule has 1 aromatic carbocycles. The Balaban J connectivity index is 2.69. The number of benzene rings is 1. The molecule has 4 heteroatoms. The lowest BCUT2D eigenvalue weighted by Gasteiger charge is -2.09. The molecule has 0 saturated heterocycles. The first-order valence-corrected chi connectivity index (χ1v) is 6.58. The molecule has 0 atom stereocenters. The lowest BCUT2D eigenvalue weighted by atomic mass is 10.2. The van der Waals surface area contributed by atoms with Crippen molar-refractivity contribution in [3.8, 4) is 11.5 Å². The molecule has 0 heterocycles. The van der Waals surface area contributed by atoms with E-state index in [-0.39, 0.29) is 11.9 Å². The van der Waals surface area contributed by atoms with Crippen LogP contribution in [0.4, 0.5) is 0 Å². The van der Waals surface area contributed by atoms with Gasteiger partial charge in [0.1, 0.15) is 11.5 Å². The van der Waals surface area contributed by atoms with Gasteiger partial charge in [-0.05, 0) is 43.5 Å². The predicted octanol–water partition coefficient (Wildman–Crippen LogP) is 3.41. The van der Waals surface area contributed by atoms with Gasteiger partial charge in [0.25, 0.3) is 0 Å². The molecule has 1 rings (SSSR count). The lowest BCUT2D eigenvalue weighted by molar-refractivity contribution is -0.135. The van der Waals surface area contributed by atoms with Crippen LogP contribution in [0.25, 0.3) is 0 Å². The summed E-state index contributed by atoms with van der Waals surface area (Å²) in [5.41, 5.74) is 0.770. The van der Waals surface area contributed by atoms with E-state index in [4.69, 9.17) is 9.47 Å². The van der Waals surface area contributed by atoms with Crippen molar-refractivity contribution in [1.82, 2.24) is 0 Å². The van der Waals surface area contributed by atoms with E-state index in [1.165, 1.54) is 0 Å². The molecule has 104 valence electrons. The van der Waals surface area contributed by atoms with Gasteiger partial charge in [0.05, 0.1) is 0 Å². The van der Waals surface area contributed by atoms with E-state index in [9.17, 15) is 9.59 Å². The number of ether oxygens (including phenoxy) is 2. The maximum absolute atomic E-state index is 11.4. The van der Waals surface area contributed by atoms with Gasteiger partial charge in [-0.3, -0.25) is 9.59 Å². The van der Waals surface area contributed by atoms with Crippen LogP contribution in [0.3, 0.4) is 0 Å². The second-order valence-corrected chi connectivity index (χ2v) is 4.38. The number of carbonyl (C=O) groups excluding carboxylic acids is 2. The van der Waals surface area contributed by atoms with Crippen LogP contribution in [-0.2, 0) is 9.59 Å². The van der Waals surface area contributed by atoms with Gasteiger partial charge in [0, 0.05) is 12.8 Å². The van der Waals surface area contributed by atoms with Crippen molar-refractivity contribution in [3.05, 3.63) is 23.8 Å². The fourth-order valence-corrected chi connectivity index (χ4v) is 1.56. The molecule has 0 radical (unpaired) electrons. The SMILES string of the molecule is CCCC(=O)Oc1ccc(OC(=O)CCC)c(C)c1. The highest BCUT2D eigenvalue weighted by atomic mass is 16.5. The Labute approximate surface area is 113 Å². The van der Waals surface area contributed by atoms with Gasteiger partial charge in [0.2, 0.25) is 0 Å². The summed E-state index contributed by atoms with van der Waals surface area (Å²) in [6.45, 7) is 5.65. The number of esters is 2. The van der Waals surface area contributed by atoms with E-state index in [1.54, 1.807) is 18.2 Å². The van der Waals surface area contributed by atoms with Crippen molar-refractivity contribution in [2.75, 3.05) is 0 Å². The van der Waals surface area contributed by atoms with Gasteiger partial charge >= 0.3 is 11.9 Å². The van der Waals surface area contributed by atoms with E-state index in [1.807, 2.05) is 20.8 Å². The number of hydrogen-bond donors (Lipinski definition) is 0. The van der Waals surface area contributed by atoms with Gasteiger partial charge in [-0.25, -0.2) is 0 Å². The van der Waals surface area contributed by atoms with Crippen LogP contribution in [0, 0.1) is 6.92 Å². The van der Waals surface area contributed by atoms with Gasteiger partial charge in [-0.15, -0.1) is 0 Å². The lowest BCUT2D eigenvalue weighted by Crippen LogP contribution is -2.09. The van der Waals surface area contributed by atoms with E-state index in [0.29, 0.717) is 24.3 Å². The Morgan fingerprint density at radius 1 is 1.00 bits per heavy atom. The van der Waals surface area contributed by atoms with Gasteiger partial charge in [-0.2, -0.15) is 0 Å². The maximum atomic E-state index is 11.4. The molecule has 0 fully saturated rings. The molecule has 0 N–H and O–H groups in total. The normalized spacial score (nSPS) is 10.1. The number of carbonyl (C=O) groups is 2. The molecular formula is C15H20O4. The smallest absolute Gasteiger partial charge is 0.311 e. The van der Waals surface area contributed by atoms with E-state index >= 15 is 0 Å². The second kappa shape index (κ2) is 7.56. The fraction of sp³-hybridized carbons (Fsp3) is 0.467. The van der Waals surface area contributed by atoms with Gasteiger partial charge < -0.3 is 9.47 Å². The van der Waals surface area contributed by atoms with Crippen LogP contribution in [0.2, 0.25) is 0 Å². The zero-order valence-corrected chi connectivity index (χ0v) is 11.7. The summed E-state index contributed by atoms with van der Waals surface area (Å²) >= 11 is 0. The molecule has 19 heavy (non-hydrogen) atoms. The highest BCUT2D eigenvalue weighted by Gasteiger charge is 2.09. The summed E-state index contributed by atoms with van der Waals surface area (Å²) in [5, 5.41) is 0. The average molecular weight is 264 g/mol. The summed E-state index contributed by atoms with van der Waals surface area (Å²) < 4.78 is 10.4. The Morgan fingerprint density at radius 2 is 1.58 bits per heavy atom. The Hall–Kier alpha value is -1.84. The zero-order chi connectivity index (χ0) is 14.3. The number of rotatable bonds is 6. The van der Waals surface area contributed by atoms with E-state index < -0.39 is 0 Å². The van der Waals surface area contributed by atoms with Crippen LogP contribution >= 0.6 is 0 Å². The van der Waals surface area contributed by atoms with Crippen molar-refractivity contribution in [2.24, 2.45) is 0 Å². The monoisotopic (exact) mass is 264 g/mol. The standard InChI is InChI=1S/C15H20O4/c1-4-6-14(16)18-12-8-9-13(11(3)10-12)19-15(17)7-5-2/h8-10H,4-7H2,1-3H3. The fourth-order valence-electron chi connectivity index (χ4n) is 1.56. The van der Waals surface area contributed by atoms with E-state index in [2.05, 4.69) is 0 Å². The molecule has 0 unspecified atom stereocenters. The zero-order valence-electron chi connectivity index (χ0n) is 11.7. The van der Waals surface area contributed by atoms with Crippen molar-refractivity contribution in [1.29, 1.82) is 0 Å². The predicted molar refractivity (Wildman–Crippen MR) is 72.3 cm³/mol. The summed E-state index contributed by atoms with van der Waals surface area (Å²) in [6.07, 6.45) is 2.30. The first-order chi connectivity index (χ1) is 9.06. The third-order valence-corrected chi connectivity index (χ3v) is 2.51. The molecule has 0 bridgehead atoms. The Kier molecular flexibility index (Phi) is 6.06. The van der Waals surface area contributed by atoms with Crippen molar-refractivity contribution in [2.45, 2.75) is 46.5 Å². The third kappa shape index (κ3) is 5.12. The molecule has 4 nitrogen and oxygen atoms in total. The summed E-state index contributed by atoms with van der Waals surface area (Å²) in [4.78, 5) is 22.8. The largest absolute Gasteiger partial charge is 0.427 e. The summed E-state index contributed by atoms with van der Waals surface area (Å²) in [5.74, 6) is 0.485. The molecule has 0 spiro atoms.